The zero-order valence-electron chi connectivity index (χ0n) is 12.1. The van der Waals surface area contributed by atoms with Crippen LogP contribution in [-0.2, 0) is 11.3 Å². The second-order valence-corrected chi connectivity index (χ2v) is 5.17. The SMILES string of the molecule is Nc1cnn(CC(=O)NC(CCO)c2ccncc2)c(=O)c1Cl. The van der Waals surface area contributed by atoms with Gasteiger partial charge in [-0.15, -0.1) is 0 Å². The minimum atomic E-state index is -0.635. The summed E-state index contributed by atoms with van der Waals surface area (Å²) in [6.07, 6.45) is 4.74. The van der Waals surface area contributed by atoms with Crippen molar-refractivity contribution in [2.24, 2.45) is 0 Å². The lowest BCUT2D eigenvalue weighted by molar-refractivity contribution is -0.122. The number of nitrogens with zero attached hydrogens (tertiary/aromatic N) is 3. The van der Waals surface area contributed by atoms with Crippen molar-refractivity contribution < 1.29 is 9.90 Å². The first-order chi connectivity index (χ1) is 11.0. The van der Waals surface area contributed by atoms with Gasteiger partial charge in [-0.1, -0.05) is 11.6 Å². The lowest BCUT2D eigenvalue weighted by atomic mass is 10.1. The van der Waals surface area contributed by atoms with Gasteiger partial charge in [-0.05, 0) is 24.1 Å². The van der Waals surface area contributed by atoms with Gasteiger partial charge in [0.2, 0.25) is 5.91 Å². The van der Waals surface area contributed by atoms with Crippen LogP contribution in [0.2, 0.25) is 5.02 Å². The molecule has 0 spiro atoms. The Labute approximate surface area is 136 Å². The molecular formula is C14H16ClN5O3. The normalized spacial score (nSPS) is 11.9. The monoisotopic (exact) mass is 337 g/mol. The fourth-order valence-corrected chi connectivity index (χ4v) is 2.16. The number of nitrogens with two attached hydrogens (primary N) is 1. The van der Waals surface area contributed by atoms with Crippen LogP contribution in [0.4, 0.5) is 5.69 Å². The number of halogens is 1. The number of anilines is 1. The summed E-state index contributed by atoms with van der Waals surface area (Å²) in [5.41, 5.74) is 5.70. The number of amides is 1. The molecule has 0 saturated heterocycles. The molecule has 1 amide bonds. The number of carbonyl (C=O) groups excluding carboxylic acids is 1. The van der Waals surface area contributed by atoms with E-state index in [1.807, 2.05) is 0 Å². The lowest BCUT2D eigenvalue weighted by Gasteiger charge is -2.18. The molecule has 0 aromatic carbocycles. The third kappa shape index (κ3) is 4.27. The minimum Gasteiger partial charge on any atom is -0.396 e. The van der Waals surface area contributed by atoms with E-state index in [4.69, 9.17) is 22.4 Å². The number of aromatic nitrogens is 3. The number of aliphatic hydroxyl groups excluding tert-OH is 1. The van der Waals surface area contributed by atoms with Gasteiger partial charge in [0.15, 0.2) is 0 Å². The molecule has 0 aliphatic carbocycles. The summed E-state index contributed by atoms with van der Waals surface area (Å²) in [4.78, 5) is 27.9. The Bertz CT molecular complexity index is 735. The van der Waals surface area contributed by atoms with E-state index >= 15 is 0 Å². The maximum atomic E-state index is 12.1. The third-order valence-electron chi connectivity index (χ3n) is 3.17. The van der Waals surface area contributed by atoms with Crippen LogP contribution in [0.3, 0.4) is 0 Å². The van der Waals surface area contributed by atoms with Crippen LogP contribution < -0.4 is 16.6 Å². The van der Waals surface area contributed by atoms with Crippen molar-refractivity contribution in [1.29, 1.82) is 0 Å². The first kappa shape index (κ1) is 16.9. The molecule has 0 aliphatic heterocycles. The van der Waals surface area contributed by atoms with Crippen LogP contribution in [0.25, 0.3) is 0 Å². The molecule has 23 heavy (non-hydrogen) atoms. The van der Waals surface area contributed by atoms with Gasteiger partial charge < -0.3 is 16.2 Å². The van der Waals surface area contributed by atoms with Gasteiger partial charge in [0.25, 0.3) is 5.56 Å². The molecule has 122 valence electrons. The second-order valence-electron chi connectivity index (χ2n) is 4.79. The molecule has 8 nitrogen and oxygen atoms in total. The predicted octanol–water partition coefficient (Wildman–Crippen LogP) is 0.114. The molecular weight excluding hydrogens is 322 g/mol. The highest BCUT2D eigenvalue weighted by Crippen LogP contribution is 2.15. The zero-order valence-corrected chi connectivity index (χ0v) is 12.9. The van der Waals surface area contributed by atoms with Gasteiger partial charge in [0.1, 0.15) is 11.6 Å². The van der Waals surface area contributed by atoms with Gasteiger partial charge in [-0.2, -0.15) is 5.10 Å². The number of aliphatic hydroxyl groups is 1. The molecule has 2 rings (SSSR count). The summed E-state index contributed by atoms with van der Waals surface area (Å²) in [5.74, 6) is -0.435. The van der Waals surface area contributed by atoms with E-state index in [1.54, 1.807) is 24.5 Å². The number of hydrogen-bond acceptors (Lipinski definition) is 6. The smallest absolute Gasteiger partial charge is 0.288 e. The highest BCUT2D eigenvalue weighted by atomic mass is 35.5. The van der Waals surface area contributed by atoms with Gasteiger partial charge in [0, 0.05) is 19.0 Å². The van der Waals surface area contributed by atoms with Crippen molar-refractivity contribution in [2.75, 3.05) is 12.3 Å². The molecule has 1 unspecified atom stereocenters. The topological polar surface area (TPSA) is 123 Å². The molecule has 0 bridgehead atoms. The summed E-state index contributed by atoms with van der Waals surface area (Å²) in [5, 5.41) is 15.5. The molecule has 0 radical (unpaired) electrons. The van der Waals surface area contributed by atoms with Crippen LogP contribution in [0, 0.1) is 0 Å². The predicted molar refractivity (Wildman–Crippen MR) is 84.7 cm³/mol. The quantitative estimate of drug-likeness (QED) is 0.687. The third-order valence-corrected chi connectivity index (χ3v) is 3.55. The summed E-state index contributed by atoms with van der Waals surface area (Å²) in [6.45, 7) is -0.398. The van der Waals surface area contributed by atoms with Crippen LogP contribution in [0.1, 0.15) is 18.0 Å². The van der Waals surface area contributed by atoms with E-state index in [9.17, 15) is 9.59 Å². The van der Waals surface area contributed by atoms with E-state index < -0.39 is 17.5 Å². The number of nitrogen functional groups attached to an aromatic ring is 1. The standard InChI is InChI=1S/C14H16ClN5O3/c15-13-10(16)7-18-20(14(13)23)8-12(22)19-11(3-6-21)9-1-4-17-5-2-9/h1-2,4-5,7,11,21H,3,6,8,16H2,(H,19,22). The van der Waals surface area contributed by atoms with Crippen LogP contribution in [-0.4, -0.2) is 32.4 Å². The highest BCUT2D eigenvalue weighted by Gasteiger charge is 2.16. The second kappa shape index (κ2) is 7.70. The van der Waals surface area contributed by atoms with Crippen molar-refractivity contribution >= 4 is 23.2 Å². The summed E-state index contributed by atoms with van der Waals surface area (Å²) < 4.78 is 0.927. The minimum absolute atomic E-state index is 0.0586. The summed E-state index contributed by atoms with van der Waals surface area (Å²) in [6, 6.07) is 3.09. The van der Waals surface area contributed by atoms with E-state index in [2.05, 4.69) is 15.4 Å². The van der Waals surface area contributed by atoms with Gasteiger partial charge in [-0.3, -0.25) is 14.6 Å². The fourth-order valence-electron chi connectivity index (χ4n) is 2.01. The van der Waals surface area contributed by atoms with Crippen LogP contribution in [0.15, 0.2) is 35.5 Å². The van der Waals surface area contributed by atoms with Crippen molar-refractivity contribution in [2.45, 2.75) is 19.0 Å². The maximum Gasteiger partial charge on any atom is 0.288 e. The van der Waals surface area contributed by atoms with Crippen molar-refractivity contribution in [3.05, 3.63) is 51.7 Å². The molecule has 0 saturated carbocycles. The van der Waals surface area contributed by atoms with Crippen LogP contribution in [0.5, 0.6) is 0 Å². The Hall–Kier alpha value is -2.45. The molecule has 2 heterocycles. The van der Waals surface area contributed by atoms with E-state index in [-0.39, 0.29) is 23.9 Å². The molecule has 0 fully saturated rings. The Kier molecular flexibility index (Phi) is 5.67. The number of carbonyl (C=O) groups is 1. The Morgan fingerprint density at radius 1 is 1.43 bits per heavy atom. The number of hydrogen-bond donors (Lipinski definition) is 3. The molecule has 4 N–H and O–H groups in total. The van der Waals surface area contributed by atoms with Crippen molar-refractivity contribution in [1.82, 2.24) is 20.1 Å². The highest BCUT2D eigenvalue weighted by molar-refractivity contribution is 6.32. The molecule has 9 heteroatoms. The first-order valence-electron chi connectivity index (χ1n) is 6.84. The molecule has 0 aliphatic rings. The van der Waals surface area contributed by atoms with E-state index in [0.717, 1.165) is 10.2 Å². The van der Waals surface area contributed by atoms with E-state index in [1.165, 1.54) is 6.20 Å². The van der Waals surface area contributed by atoms with Gasteiger partial charge in [-0.25, -0.2) is 4.68 Å². The number of rotatable bonds is 6. The van der Waals surface area contributed by atoms with Gasteiger partial charge >= 0.3 is 0 Å². The first-order valence-corrected chi connectivity index (χ1v) is 7.22. The average molecular weight is 338 g/mol. The summed E-state index contributed by atoms with van der Waals surface area (Å²) in [7, 11) is 0. The Balaban J connectivity index is 2.11. The fraction of sp³-hybridized carbons (Fsp3) is 0.286. The Morgan fingerprint density at radius 3 is 2.78 bits per heavy atom. The largest absolute Gasteiger partial charge is 0.396 e. The van der Waals surface area contributed by atoms with E-state index in [0.29, 0.717) is 6.42 Å². The van der Waals surface area contributed by atoms with Crippen molar-refractivity contribution in [3.8, 4) is 0 Å². The number of pyridine rings is 1. The molecule has 1 atom stereocenters. The lowest BCUT2D eigenvalue weighted by Crippen LogP contribution is -2.36. The molecule has 2 aromatic heterocycles. The average Bonchev–Trinajstić information content (AvgIpc) is 2.56. The summed E-state index contributed by atoms with van der Waals surface area (Å²) >= 11 is 5.75. The maximum absolute atomic E-state index is 12.1. The van der Waals surface area contributed by atoms with Crippen LogP contribution >= 0.6 is 11.6 Å². The van der Waals surface area contributed by atoms with Gasteiger partial charge in [0.05, 0.1) is 17.9 Å². The van der Waals surface area contributed by atoms with Crippen molar-refractivity contribution in [3.63, 3.8) is 0 Å². The number of nitrogens with one attached hydrogen (secondary N) is 1. The Morgan fingerprint density at radius 2 is 2.13 bits per heavy atom. The zero-order chi connectivity index (χ0) is 16.8. The molecule has 2 aromatic rings.